The monoisotopic (exact) mass is 161 g/mol. The Hall–Kier alpha value is -0.140. The average molecular weight is 161 g/mol. The quantitative estimate of drug-likeness (QED) is 0.553. The average Bonchev–Trinajstić information content (AvgIpc) is 1.94. The van der Waals surface area contributed by atoms with Crippen molar-refractivity contribution in [1.29, 1.82) is 0 Å². The zero-order chi connectivity index (χ0) is 8.43. The Kier molecular flexibility index (Phi) is 2.85. The highest BCUT2D eigenvalue weighted by Gasteiger charge is 2.33. The van der Waals surface area contributed by atoms with Crippen molar-refractivity contribution < 1.29 is 8.78 Å². The molecule has 0 aromatic heterocycles. The van der Waals surface area contributed by atoms with E-state index in [1.54, 1.807) is 0 Å². The lowest BCUT2D eigenvalue weighted by Gasteiger charge is -2.32. The van der Waals surface area contributed by atoms with E-state index in [1.165, 1.54) is 5.92 Å². The molecule has 1 saturated carbocycles. The first-order valence-corrected chi connectivity index (χ1v) is 4.23. The van der Waals surface area contributed by atoms with E-state index in [9.17, 15) is 8.78 Å². The van der Waals surface area contributed by atoms with Crippen molar-refractivity contribution in [2.45, 2.75) is 39.5 Å². The zero-order valence-corrected chi connectivity index (χ0v) is 7.11. The molecule has 0 aromatic carbocycles. The summed E-state index contributed by atoms with van der Waals surface area (Å²) in [5, 5.41) is 0. The van der Waals surface area contributed by atoms with Gasteiger partial charge in [0.05, 0.1) is 0 Å². The van der Waals surface area contributed by atoms with Crippen LogP contribution in [0.1, 0.15) is 33.1 Å². The Morgan fingerprint density at radius 2 is 2.09 bits per heavy atom. The van der Waals surface area contributed by atoms with Crippen LogP contribution in [-0.4, -0.2) is 6.43 Å². The van der Waals surface area contributed by atoms with Crippen molar-refractivity contribution >= 4 is 0 Å². The molecule has 1 aliphatic rings. The molecule has 0 spiro atoms. The predicted molar refractivity (Wildman–Crippen MR) is 41.4 cm³/mol. The molecule has 1 rings (SSSR count). The van der Waals surface area contributed by atoms with Crippen LogP contribution in [0.3, 0.4) is 0 Å². The summed E-state index contributed by atoms with van der Waals surface area (Å²) in [6.45, 7) is 3.92. The first kappa shape index (κ1) is 8.95. The van der Waals surface area contributed by atoms with E-state index in [-0.39, 0.29) is 11.8 Å². The lowest BCUT2D eigenvalue weighted by molar-refractivity contribution is 0.0345. The van der Waals surface area contributed by atoms with Crippen molar-refractivity contribution in [3.63, 3.8) is 0 Å². The molecule has 0 aromatic rings. The van der Waals surface area contributed by atoms with E-state index in [2.05, 4.69) is 0 Å². The van der Waals surface area contributed by atoms with Crippen molar-refractivity contribution in [1.82, 2.24) is 0 Å². The maximum atomic E-state index is 12.3. The van der Waals surface area contributed by atoms with Crippen LogP contribution in [0.25, 0.3) is 0 Å². The highest BCUT2D eigenvalue weighted by atomic mass is 19.3. The molecule has 1 aliphatic carbocycles. The van der Waals surface area contributed by atoms with E-state index >= 15 is 0 Å². The van der Waals surface area contributed by atoms with Crippen LogP contribution < -0.4 is 0 Å². The van der Waals surface area contributed by atoms with Gasteiger partial charge in [-0.3, -0.25) is 0 Å². The second kappa shape index (κ2) is 3.51. The minimum atomic E-state index is -2.12. The van der Waals surface area contributed by atoms with Crippen LogP contribution in [0.2, 0.25) is 0 Å². The summed E-state index contributed by atoms with van der Waals surface area (Å²) in [4.78, 5) is 0. The summed E-state index contributed by atoms with van der Waals surface area (Å²) < 4.78 is 24.7. The number of hydrogen-bond acceptors (Lipinski definition) is 0. The smallest absolute Gasteiger partial charge is 0.210 e. The molecule has 0 nitrogen and oxygen atoms in total. The van der Waals surface area contributed by atoms with Crippen molar-refractivity contribution in [3.05, 3.63) is 5.92 Å². The molecule has 1 radical (unpaired) electrons. The Labute approximate surface area is 67.0 Å². The van der Waals surface area contributed by atoms with Crippen molar-refractivity contribution in [2.24, 2.45) is 11.8 Å². The molecule has 0 aliphatic heterocycles. The molecule has 0 amide bonds. The van der Waals surface area contributed by atoms with Gasteiger partial charge in [-0.1, -0.05) is 20.3 Å². The predicted octanol–water partition coefficient (Wildman–Crippen LogP) is 3.28. The lowest BCUT2D eigenvalue weighted by Crippen LogP contribution is -2.27. The number of alkyl halides is 2. The molecule has 0 bridgehead atoms. The third-order valence-corrected chi connectivity index (χ3v) is 2.85. The van der Waals surface area contributed by atoms with E-state index in [4.69, 9.17) is 0 Å². The second-order valence-corrected chi connectivity index (χ2v) is 3.53. The molecule has 2 heteroatoms. The highest BCUT2D eigenvalue weighted by Crippen LogP contribution is 2.38. The molecule has 1 fully saturated rings. The van der Waals surface area contributed by atoms with E-state index in [0.29, 0.717) is 6.42 Å². The van der Waals surface area contributed by atoms with Crippen molar-refractivity contribution in [2.75, 3.05) is 0 Å². The fraction of sp³-hybridized carbons (Fsp3) is 0.889. The van der Waals surface area contributed by atoms with Crippen LogP contribution in [0.5, 0.6) is 0 Å². The molecular weight excluding hydrogens is 146 g/mol. The van der Waals surface area contributed by atoms with E-state index in [1.807, 2.05) is 13.8 Å². The molecular formula is C9H15F2. The lowest BCUT2D eigenvalue weighted by atomic mass is 9.74. The summed E-state index contributed by atoms with van der Waals surface area (Å²) in [6, 6.07) is 0. The fourth-order valence-corrected chi connectivity index (χ4v) is 1.80. The maximum Gasteiger partial charge on any atom is 0.241 e. The van der Waals surface area contributed by atoms with Crippen LogP contribution in [0, 0.1) is 17.8 Å². The van der Waals surface area contributed by atoms with Gasteiger partial charge in [-0.05, 0) is 24.7 Å². The molecule has 0 N–H and O–H groups in total. The summed E-state index contributed by atoms with van der Waals surface area (Å²) in [5.41, 5.74) is 0. The van der Waals surface area contributed by atoms with Gasteiger partial charge in [0.15, 0.2) is 0 Å². The number of halogens is 2. The van der Waals surface area contributed by atoms with Gasteiger partial charge in [0, 0.05) is 5.92 Å². The van der Waals surface area contributed by atoms with Gasteiger partial charge in [-0.15, -0.1) is 0 Å². The Balaban J connectivity index is 2.51. The normalized spacial score (nSPS) is 34.6. The van der Waals surface area contributed by atoms with E-state index in [0.717, 1.165) is 12.8 Å². The standard InChI is InChI=1S/C9H15F2/c1-6-4-3-5-8(7(6)2)9(10)11/h7-9H,3-5H2,1-2H3. The molecule has 0 heterocycles. The topological polar surface area (TPSA) is 0 Å². The minimum Gasteiger partial charge on any atom is -0.210 e. The second-order valence-electron chi connectivity index (χ2n) is 3.53. The number of hydrogen-bond donors (Lipinski definition) is 0. The van der Waals surface area contributed by atoms with Gasteiger partial charge in [0.25, 0.3) is 0 Å². The molecule has 65 valence electrons. The molecule has 0 saturated heterocycles. The van der Waals surface area contributed by atoms with Crippen LogP contribution in [0.15, 0.2) is 0 Å². The Morgan fingerprint density at radius 3 is 2.55 bits per heavy atom. The Bertz CT molecular complexity index is 123. The largest absolute Gasteiger partial charge is 0.241 e. The van der Waals surface area contributed by atoms with Gasteiger partial charge >= 0.3 is 0 Å². The summed E-state index contributed by atoms with van der Waals surface area (Å²) in [5.74, 6) is 1.01. The fourth-order valence-electron chi connectivity index (χ4n) is 1.80. The molecule has 2 unspecified atom stereocenters. The van der Waals surface area contributed by atoms with Gasteiger partial charge < -0.3 is 0 Å². The van der Waals surface area contributed by atoms with Gasteiger partial charge in [0.1, 0.15) is 0 Å². The summed E-state index contributed by atoms with van der Waals surface area (Å²) >= 11 is 0. The van der Waals surface area contributed by atoms with Gasteiger partial charge in [-0.2, -0.15) is 0 Å². The van der Waals surface area contributed by atoms with Gasteiger partial charge in [-0.25, -0.2) is 8.78 Å². The van der Waals surface area contributed by atoms with Crippen LogP contribution >= 0.6 is 0 Å². The third kappa shape index (κ3) is 1.91. The summed E-state index contributed by atoms with van der Waals surface area (Å²) in [7, 11) is 0. The summed E-state index contributed by atoms with van der Waals surface area (Å²) in [6.07, 6.45) is 0.575. The van der Waals surface area contributed by atoms with Crippen LogP contribution in [0.4, 0.5) is 8.78 Å². The Morgan fingerprint density at radius 1 is 1.45 bits per heavy atom. The van der Waals surface area contributed by atoms with Crippen molar-refractivity contribution in [3.8, 4) is 0 Å². The highest BCUT2D eigenvalue weighted by molar-refractivity contribution is 4.97. The third-order valence-electron chi connectivity index (χ3n) is 2.85. The minimum absolute atomic E-state index is 0.128. The first-order valence-electron chi connectivity index (χ1n) is 4.23. The maximum absolute atomic E-state index is 12.3. The first-order chi connectivity index (χ1) is 5.13. The van der Waals surface area contributed by atoms with Crippen LogP contribution in [-0.2, 0) is 0 Å². The SMILES string of the molecule is C[C]1CCCC(C(F)F)C1C. The van der Waals surface area contributed by atoms with Gasteiger partial charge in [0.2, 0.25) is 6.43 Å². The molecule has 2 atom stereocenters. The molecule has 11 heavy (non-hydrogen) atoms. The van der Waals surface area contributed by atoms with E-state index < -0.39 is 6.43 Å². The zero-order valence-electron chi connectivity index (χ0n) is 7.11. The number of rotatable bonds is 1.